The van der Waals surface area contributed by atoms with E-state index in [0.717, 1.165) is 31.0 Å². The van der Waals surface area contributed by atoms with E-state index in [-0.39, 0.29) is 6.04 Å². The summed E-state index contributed by atoms with van der Waals surface area (Å²) in [5, 5.41) is 3.32. The lowest BCUT2D eigenvalue weighted by molar-refractivity contribution is 0.271. The van der Waals surface area contributed by atoms with Gasteiger partial charge in [0.2, 0.25) is 0 Å². The van der Waals surface area contributed by atoms with Gasteiger partial charge in [0.25, 0.3) is 0 Å². The van der Waals surface area contributed by atoms with E-state index in [1.165, 1.54) is 0 Å². The van der Waals surface area contributed by atoms with Crippen molar-refractivity contribution in [1.82, 2.24) is 0 Å². The predicted octanol–water partition coefficient (Wildman–Crippen LogP) is 2.87. The van der Waals surface area contributed by atoms with E-state index in [1.807, 2.05) is 24.3 Å². The monoisotopic (exact) mass is 236 g/mol. The molecule has 0 aliphatic carbocycles. The normalized spacial score (nSPS) is 12.5. The first kappa shape index (κ1) is 13.8. The van der Waals surface area contributed by atoms with Gasteiger partial charge in [-0.2, -0.15) is 0 Å². The van der Waals surface area contributed by atoms with Gasteiger partial charge >= 0.3 is 0 Å². The second kappa shape index (κ2) is 7.17. The van der Waals surface area contributed by atoms with Crippen LogP contribution in [-0.2, 0) is 0 Å². The van der Waals surface area contributed by atoms with Gasteiger partial charge < -0.3 is 15.8 Å². The van der Waals surface area contributed by atoms with Crippen molar-refractivity contribution in [3.05, 3.63) is 24.3 Å². The fraction of sp³-hybridized carbons (Fsp3) is 0.571. The molecule has 1 atom stereocenters. The molecular weight excluding hydrogens is 212 g/mol. The summed E-state index contributed by atoms with van der Waals surface area (Å²) in [6, 6.07) is 8.23. The molecule has 0 bridgehead atoms. The predicted molar refractivity (Wildman–Crippen MR) is 73.5 cm³/mol. The molecule has 0 amide bonds. The summed E-state index contributed by atoms with van der Waals surface area (Å²) in [5.41, 5.74) is 6.93. The molecule has 0 saturated heterocycles. The molecule has 1 aromatic rings. The van der Waals surface area contributed by atoms with Crippen molar-refractivity contribution in [2.45, 2.75) is 33.2 Å². The summed E-state index contributed by atoms with van der Waals surface area (Å²) >= 11 is 0. The van der Waals surface area contributed by atoms with Gasteiger partial charge in [-0.25, -0.2) is 0 Å². The lowest BCUT2D eigenvalue weighted by Gasteiger charge is -2.13. The molecule has 0 heterocycles. The minimum absolute atomic E-state index is 0.204. The number of hydrogen-bond donors (Lipinski definition) is 2. The van der Waals surface area contributed by atoms with Gasteiger partial charge in [0.1, 0.15) is 5.75 Å². The Bertz CT molecular complexity index is 326. The average Bonchev–Trinajstić information content (AvgIpc) is 2.34. The largest absolute Gasteiger partial charge is 0.493 e. The van der Waals surface area contributed by atoms with Gasteiger partial charge in [-0.05, 0) is 24.5 Å². The van der Waals surface area contributed by atoms with Gasteiger partial charge in [-0.3, -0.25) is 0 Å². The minimum Gasteiger partial charge on any atom is -0.493 e. The zero-order chi connectivity index (χ0) is 12.7. The standard InChI is InChI=1S/C14H24N2O/c1-4-12(15)9-16-13-6-5-7-14(8-13)17-10-11(2)3/h5-8,11-12,16H,4,9-10,15H2,1-3H3. The molecule has 1 aromatic carbocycles. The van der Waals surface area contributed by atoms with E-state index >= 15 is 0 Å². The fourth-order valence-electron chi connectivity index (χ4n) is 1.35. The Labute approximate surface area is 104 Å². The smallest absolute Gasteiger partial charge is 0.121 e. The van der Waals surface area contributed by atoms with E-state index in [4.69, 9.17) is 10.5 Å². The SMILES string of the molecule is CCC(N)CNc1cccc(OCC(C)C)c1. The molecule has 0 aliphatic rings. The molecule has 0 radical (unpaired) electrons. The molecule has 96 valence electrons. The molecule has 0 aliphatic heterocycles. The Morgan fingerprint density at radius 2 is 2.12 bits per heavy atom. The van der Waals surface area contributed by atoms with Gasteiger partial charge in [0, 0.05) is 24.3 Å². The van der Waals surface area contributed by atoms with Crippen molar-refractivity contribution in [2.75, 3.05) is 18.5 Å². The summed E-state index contributed by atoms with van der Waals surface area (Å²) in [6.07, 6.45) is 0.983. The van der Waals surface area contributed by atoms with Crippen molar-refractivity contribution < 1.29 is 4.74 Å². The van der Waals surface area contributed by atoms with Crippen LogP contribution >= 0.6 is 0 Å². The molecule has 1 rings (SSSR count). The Kier molecular flexibility index (Phi) is 5.84. The van der Waals surface area contributed by atoms with E-state index in [9.17, 15) is 0 Å². The highest BCUT2D eigenvalue weighted by Gasteiger charge is 2.01. The molecule has 0 saturated carbocycles. The van der Waals surface area contributed by atoms with E-state index in [1.54, 1.807) is 0 Å². The summed E-state index contributed by atoms with van der Waals surface area (Å²) in [6.45, 7) is 7.92. The van der Waals surface area contributed by atoms with Crippen molar-refractivity contribution >= 4 is 5.69 Å². The maximum Gasteiger partial charge on any atom is 0.121 e. The van der Waals surface area contributed by atoms with Crippen LogP contribution in [0.3, 0.4) is 0 Å². The number of hydrogen-bond acceptors (Lipinski definition) is 3. The fourth-order valence-corrected chi connectivity index (χ4v) is 1.35. The maximum atomic E-state index is 5.86. The third kappa shape index (κ3) is 5.59. The van der Waals surface area contributed by atoms with Gasteiger partial charge in [0.15, 0.2) is 0 Å². The summed E-state index contributed by atoms with van der Waals surface area (Å²) in [4.78, 5) is 0. The summed E-state index contributed by atoms with van der Waals surface area (Å²) in [5.74, 6) is 1.45. The minimum atomic E-state index is 0.204. The third-order valence-electron chi connectivity index (χ3n) is 2.51. The maximum absolute atomic E-state index is 5.86. The first-order chi connectivity index (χ1) is 8.11. The number of nitrogens with two attached hydrogens (primary N) is 1. The number of rotatable bonds is 7. The molecule has 3 N–H and O–H groups in total. The van der Waals surface area contributed by atoms with Crippen molar-refractivity contribution in [1.29, 1.82) is 0 Å². The van der Waals surface area contributed by atoms with E-state index in [2.05, 4.69) is 26.1 Å². The quantitative estimate of drug-likeness (QED) is 0.765. The van der Waals surface area contributed by atoms with Crippen molar-refractivity contribution in [3.8, 4) is 5.75 Å². The number of ether oxygens (including phenoxy) is 1. The average molecular weight is 236 g/mol. The lowest BCUT2D eigenvalue weighted by Crippen LogP contribution is -2.27. The number of benzene rings is 1. The van der Waals surface area contributed by atoms with Crippen LogP contribution in [0, 0.1) is 5.92 Å². The summed E-state index contributed by atoms with van der Waals surface area (Å²) in [7, 11) is 0. The van der Waals surface area contributed by atoms with Crippen LogP contribution in [0.1, 0.15) is 27.2 Å². The second-order valence-corrected chi connectivity index (χ2v) is 4.78. The number of anilines is 1. The molecule has 0 fully saturated rings. The van der Waals surface area contributed by atoms with Gasteiger partial charge in [0.05, 0.1) is 6.61 Å². The highest BCUT2D eigenvalue weighted by atomic mass is 16.5. The molecule has 3 heteroatoms. The van der Waals surface area contributed by atoms with Crippen LogP contribution < -0.4 is 15.8 Å². The molecule has 0 aromatic heterocycles. The zero-order valence-corrected chi connectivity index (χ0v) is 11.1. The van der Waals surface area contributed by atoms with Crippen LogP contribution in [0.4, 0.5) is 5.69 Å². The Balaban J connectivity index is 2.47. The molecule has 3 nitrogen and oxygen atoms in total. The highest BCUT2D eigenvalue weighted by molar-refractivity contribution is 5.48. The van der Waals surface area contributed by atoms with Gasteiger partial charge in [-0.1, -0.05) is 26.8 Å². The lowest BCUT2D eigenvalue weighted by atomic mass is 10.2. The zero-order valence-electron chi connectivity index (χ0n) is 11.1. The van der Waals surface area contributed by atoms with Crippen LogP contribution in [0.5, 0.6) is 5.75 Å². The van der Waals surface area contributed by atoms with E-state index < -0.39 is 0 Å². The van der Waals surface area contributed by atoms with Gasteiger partial charge in [-0.15, -0.1) is 0 Å². The first-order valence-electron chi connectivity index (χ1n) is 6.34. The molecular formula is C14H24N2O. The first-order valence-corrected chi connectivity index (χ1v) is 6.34. The third-order valence-corrected chi connectivity index (χ3v) is 2.51. The van der Waals surface area contributed by atoms with Crippen LogP contribution in [-0.4, -0.2) is 19.2 Å². The molecule has 1 unspecified atom stereocenters. The Hall–Kier alpha value is -1.22. The molecule has 17 heavy (non-hydrogen) atoms. The Morgan fingerprint density at radius 3 is 2.76 bits per heavy atom. The van der Waals surface area contributed by atoms with Crippen LogP contribution in [0.2, 0.25) is 0 Å². The van der Waals surface area contributed by atoms with Crippen LogP contribution in [0.15, 0.2) is 24.3 Å². The van der Waals surface area contributed by atoms with Crippen molar-refractivity contribution in [2.24, 2.45) is 11.7 Å². The topological polar surface area (TPSA) is 47.3 Å². The van der Waals surface area contributed by atoms with Crippen molar-refractivity contribution in [3.63, 3.8) is 0 Å². The highest BCUT2D eigenvalue weighted by Crippen LogP contribution is 2.17. The second-order valence-electron chi connectivity index (χ2n) is 4.78. The van der Waals surface area contributed by atoms with E-state index in [0.29, 0.717) is 5.92 Å². The molecule has 0 spiro atoms. The summed E-state index contributed by atoms with van der Waals surface area (Å²) < 4.78 is 5.67. The van der Waals surface area contributed by atoms with Crippen LogP contribution in [0.25, 0.3) is 0 Å². The Morgan fingerprint density at radius 1 is 1.35 bits per heavy atom. The number of nitrogens with one attached hydrogen (secondary N) is 1.